The van der Waals surface area contributed by atoms with Crippen molar-refractivity contribution in [3.05, 3.63) is 69.2 Å². The van der Waals surface area contributed by atoms with Crippen LogP contribution in [0.25, 0.3) is 0 Å². The van der Waals surface area contributed by atoms with Crippen LogP contribution in [0.1, 0.15) is 18.5 Å². The molecule has 0 bridgehead atoms. The minimum absolute atomic E-state index is 0.0584. The monoisotopic (exact) mass is 334 g/mol. The number of carbonyl (C=O) groups excluding carboxylic acids is 1. The lowest BCUT2D eigenvalue weighted by Crippen LogP contribution is -2.31. The molecule has 23 heavy (non-hydrogen) atoms. The van der Waals surface area contributed by atoms with Crippen molar-refractivity contribution in [2.24, 2.45) is 0 Å². The lowest BCUT2D eigenvalue weighted by Gasteiger charge is -2.15. The summed E-state index contributed by atoms with van der Waals surface area (Å²) in [5, 5.41) is 14.2. The van der Waals surface area contributed by atoms with Gasteiger partial charge < -0.3 is 10.1 Å². The molecule has 0 saturated carbocycles. The van der Waals surface area contributed by atoms with Crippen LogP contribution < -0.4 is 10.1 Å². The standard InChI is InChI=1S/C16H15ClN2O4/c1-11(12-5-4-6-13(17)9-12)18-16(20)10-23-15-8-3-2-7-14(15)19(21)22/h2-9,11H,10H2,1H3,(H,18,20). The van der Waals surface area contributed by atoms with E-state index in [0.717, 1.165) is 5.56 Å². The third-order valence-corrected chi connectivity index (χ3v) is 3.38. The number of hydrogen-bond donors (Lipinski definition) is 1. The number of ether oxygens (including phenoxy) is 1. The minimum atomic E-state index is -0.554. The lowest BCUT2D eigenvalue weighted by molar-refractivity contribution is -0.385. The van der Waals surface area contributed by atoms with E-state index in [1.807, 2.05) is 13.0 Å². The fourth-order valence-corrected chi connectivity index (χ4v) is 2.21. The van der Waals surface area contributed by atoms with E-state index in [1.165, 1.54) is 18.2 Å². The molecule has 0 radical (unpaired) electrons. The molecule has 2 rings (SSSR count). The Hall–Kier alpha value is -2.60. The molecular formula is C16H15ClN2O4. The van der Waals surface area contributed by atoms with Crippen molar-refractivity contribution in [2.75, 3.05) is 6.61 Å². The predicted molar refractivity (Wildman–Crippen MR) is 86.6 cm³/mol. The van der Waals surface area contributed by atoms with Crippen molar-refractivity contribution in [1.29, 1.82) is 0 Å². The molecular weight excluding hydrogens is 320 g/mol. The molecule has 1 unspecified atom stereocenters. The van der Waals surface area contributed by atoms with E-state index in [1.54, 1.807) is 24.3 Å². The minimum Gasteiger partial charge on any atom is -0.477 e. The zero-order chi connectivity index (χ0) is 16.8. The summed E-state index contributed by atoms with van der Waals surface area (Å²) in [6.07, 6.45) is 0. The molecule has 0 heterocycles. The van der Waals surface area contributed by atoms with Gasteiger partial charge in [0.15, 0.2) is 12.4 Å². The number of nitrogens with zero attached hydrogens (tertiary/aromatic N) is 1. The van der Waals surface area contributed by atoms with Gasteiger partial charge in [0.25, 0.3) is 5.91 Å². The number of rotatable bonds is 6. The molecule has 1 atom stereocenters. The summed E-state index contributed by atoms with van der Waals surface area (Å²) in [6, 6.07) is 12.8. The summed E-state index contributed by atoms with van der Waals surface area (Å²) in [7, 11) is 0. The summed E-state index contributed by atoms with van der Waals surface area (Å²) in [4.78, 5) is 22.2. The Morgan fingerprint density at radius 2 is 2.04 bits per heavy atom. The van der Waals surface area contributed by atoms with E-state index >= 15 is 0 Å². The van der Waals surface area contributed by atoms with Gasteiger partial charge >= 0.3 is 5.69 Å². The second-order valence-electron chi connectivity index (χ2n) is 4.86. The van der Waals surface area contributed by atoms with Gasteiger partial charge in [-0.25, -0.2) is 0 Å². The summed E-state index contributed by atoms with van der Waals surface area (Å²) in [5.74, 6) is -0.321. The van der Waals surface area contributed by atoms with Crippen molar-refractivity contribution < 1.29 is 14.5 Å². The smallest absolute Gasteiger partial charge is 0.310 e. The molecule has 2 aromatic carbocycles. The Kier molecular flexibility index (Phi) is 5.54. The Labute approximate surface area is 138 Å². The van der Waals surface area contributed by atoms with Crippen LogP contribution >= 0.6 is 11.6 Å². The quantitative estimate of drug-likeness (QED) is 0.647. The van der Waals surface area contributed by atoms with E-state index in [-0.39, 0.29) is 30.0 Å². The van der Waals surface area contributed by atoms with Crippen LogP contribution in [0.3, 0.4) is 0 Å². The van der Waals surface area contributed by atoms with Gasteiger partial charge in [0, 0.05) is 11.1 Å². The second kappa shape index (κ2) is 7.60. The number of carbonyl (C=O) groups is 1. The highest BCUT2D eigenvalue weighted by Gasteiger charge is 2.16. The van der Waals surface area contributed by atoms with Gasteiger partial charge in [-0.05, 0) is 30.7 Å². The molecule has 6 nitrogen and oxygen atoms in total. The zero-order valence-electron chi connectivity index (χ0n) is 12.4. The summed E-state index contributed by atoms with van der Waals surface area (Å²) < 4.78 is 5.24. The molecule has 1 N–H and O–H groups in total. The van der Waals surface area contributed by atoms with Crippen LogP contribution in [-0.2, 0) is 4.79 Å². The van der Waals surface area contributed by atoms with E-state index in [4.69, 9.17) is 16.3 Å². The Morgan fingerprint density at radius 3 is 2.74 bits per heavy atom. The number of amides is 1. The Balaban J connectivity index is 1.94. The maximum absolute atomic E-state index is 11.9. The highest BCUT2D eigenvalue weighted by molar-refractivity contribution is 6.30. The van der Waals surface area contributed by atoms with Gasteiger partial charge in [-0.15, -0.1) is 0 Å². The van der Waals surface area contributed by atoms with Crippen LogP contribution in [0.5, 0.6) is 5.75 Å². The van der Waals surface area contributed by atoms with Gasteiger partial charge in [0.1, 0.15) is 0 Å². The molecule has 2 aromatic rings. The predicted octanol–water partition coefficient (Wildman–Crippen LogP) is 3.50. The van der Waals surface area contributed by atoms with E-state index in [0.29, 0.717) is 5.02 Å². The summed E-state index contributed by atoms with van der Waals surface area (Å²) >= 11 is 5.91. The number of nitro groups is 1. The number of para-hydroxylation sites is 2. The van der Waals surface area contributed by atoms with Crippen LogP contribution in [0.2, 0.25) is 5.02 Å². The number of hydrogen-bond acceptors (Lipinski definition) is 4. The molecule has 0 spiro atoms. The maximum atomic E-state index is 11.9. The summed E-state index contributed by atoms with van der Waals surface area (Å²) in [6.45, 7) is 1.50. The van der Waals surface area contributed by atoms with Gasteiger partial charge in [-0.2, -0.15) is 0 Å². The van der Waals surface area contributed by atoms with Crippen molar-refractivity contribution in [3.8, 4) is 5.75 Å². The Morgan fingerprint density at radius 1 is 1.30 bits per heavy atom. The third-order valence-electron chi connectivity index (χ3n) is 3.15. The fourth-order valence-electron chi connectivity index (χ4n) is 2.02. The lowest BCUT2D eigenvalue weighted by atomic mass is 10.1. The molecule has 0 aromatic heterocycles. The van der Waals surface area contributed by atoms with Gasteiger partial charge in [0.05, 0.1) is 11.0 Å². The molecule has 0 fully saturated rings. The molecule has 120 valence electrons. The van der Waals surface area contributed by atoms with E-state index in [9.17, 15) is 14.9 Å². The van der Waals surface area contributed by atoms with Crippen molar-refractivity contribution in [1.82, 2.24) is 5.32 Å². The van der Waals surface area contributed by atoms with Crippen LogP contribution in [0.4, 0.5) is 5.69 Å². The van der Waals surface area contributed by atoms with Crippen LogP contribution in [0, 0.1) is 10.1 Å². The third kappa shape index (κ3) is 4.69. The first-order valence-electron chi connectivity index (χ1n) is 6.88. The average molecular weight is 335 g/mol. The van der Waals surface area contributed by atoms with Crippen molar-refractivity contribution in [2.45, 2.75) is 13.0 Å². The first-order chi connectivity index (χ1) is 11.0. The van der Waals surface area contributed by atoms with E-state index in [2.05, 4.69) is 5.32 Å². The molecule has 0 aliphatic carbocycles. The number of halogens is 1. The SMILES string of the molecule is CC(NC(=O)COc1ccccc1[N+](=O)[O-])c1cccc(Cl)c1. The molecule has 0 saturated heterocycles. The van der Waals surface area contributed by atoms with Gasteiger partial charge in [-0.1, -0.05) is 35.9 Å². The first-order valence-corrected chi connectivity index (χ1v) is 7.26. The highest BCUT2D eigenvalue weighted by atomic mass is 35.5. The fraction of sp³-hybridized carbons (Fsp3) is 0.188. The normalized spacial score (nSPS) is 11.6. The van der Waals surface area contributed by atoms with Crippen LogP contribution in [0.15, 0.2) is 48.5 Å². The summed E-state index contributed by atoms with van der Waals surface area (Å²) in [5.41, 5.74) is 0.680. The number of nitro benzene ring substituents is 1. The highest BCUT2D eigenvalue weighted by Crippen LogP contribution is 2.25. The zero-order valence-corrected chi connectivity index (χ0v) is 13.1. The molecule has 7 heteroatoms. The largest absolute Gasteiger partial charge is 0.477 e. The second-order valence-corrected chi connectivity index (χ2v) is 5.29. The Bertz CT molecular complexity index is 721. The van der Waals surface area contributed by atoms with Crippen molar-refractivity contribution in [3.63, 3.8) is 0 Å². The average Bonchev–Trinajstić information content (AvgIpc) is 2.53. The number of nitrogens with one attached hydrogen (secondary N) is 1. The maximum Gasteiger partial charge on any atom is 0.310 e. The first kappa shape index (κ1) is 16.8. The molecule has 0 aliphatic rings. The van der Waals surface area contributed by atoms with Gasteiger partial charge in [-0.3, -0.25) is 14.9 Å². The number of benzene rings is 2. The van der Waals surface area contributed by atoms with Crippen molar-refractivity contribution >= 4 is 23.2 Å². The molecule has 1 amide bonds. The topological polar surface area (TPSA) is 81.5 Å². The van der Waals surface area contributed by atoms with Crippen LogP contribution in [-0.4, -0.2) is 17.4 Å². The van der Waals surface area contributed by atoms with E-state index < -0.39 is 4.92 Å². The van der Waals surface area contributed by atoms with Gasteiger partial charge in [0.2, 0.25) is 0 Å². The molecule has 0 aliphatic heterocycles.